The van der Waals surface area contributed by atoms with Crippen molar-refractivity contribution in [3.8, 4) is 0 Å². The Morgan fingerprint density at radius 3 is 2.95 bits per heavy atom. The standard InChI is InChI=1S/C16H17ClN2/c1-11-9-10-18-16(17)15(11)19-14-8-4-6-12-5-2-3-7-13(12)14/h2-3,5,7,9-10,14,19H,4,6,8H2,1H3. The SMILES string of the molecule is Cc1ccnc(Cl)c1NC1CCCc2ccccc21. The van der Waals surface area contributed by atoms with Gasteiger partial charge in [0.05, 0.1) is 11.7 Å². The van der Waals surface area contributed by atoms with E-state index >= 15 is 0 Å². The van der Waals surface area contributed by atoms with E-state index in [1.807, 2.05) is 6.07 Å². The van der Waals surface area contributed by atoms with Gasteiger partial charge in [-0.05, 0) is 48.9 Å². The van der Waals surface area contributed by atoms with E-state index in [0.29, 0.717) is 11.2 Å². The quantitative estimate of drug-likeness (QED) is 0.813. The number of nitrogens with one attached hydrogen (secondary N) is 1. The molecule has 3 rings (SSSR count). The van der Waals surface area contributed by atoms with Crippen LogP contribution in [0, 0.1) is 6.92 Å². The Kier molecular flexibility index (Phi) is 3.43. The lowest BCUT2D eigenvalue weighted by molar-refractivity contribution is 0.600. The largest absolute Gasteiger partial charge is 0.376 e. The van der Waals surface area contributed by atoms with Crippen molar-refractivity contribution in [2.24, 2.45) is 0 Å². The maximum atomic E-state index is 6.20. The number of nitrogens with zero attached hydrogens (tertiary/aromatic N) is 1. The zero-order chi connectivity index (χ0) is 13.2. The van der Waals surface area contributed by atoms with Crippen molar-refractivity contribution in [1.29, 1.82) is 0 Å². The number of aromatic nitrogens is 1. The highest BCUT2D eigenvalue weighted by molar-refractivity contribution is 6.32. The average Bonchev–Trinajstić information content (AvgIpc) is 2.43. The number of halogens is 1. The maximum absolute atomic E-state index is 6.20. The first kappa shape index (κ1) is 12.5. The van der Waals surface area contributed by atoms with Gasteiger partial charge in [-0.3, -0.25) is 0 Å². The number of hydrogen-bond acceptors (Lipinski definition) is 2. The summed E-state index contributed by atoms with van der Waals surface area (Å²) in [6, 6.07) is 11.0. The van der Waals surface area contributed by atoms with Crippen LogP contribution in [0.25, 0.3) is 0 Å². The Balaban J connectivity index is 1.93. The Labute approximate surface area is 118 Å². The predicted octanol–water partition coefficient (Wildman–Crippen LogP) is 4.53. The van der Waals surface area contributed by atoms with Gasteiger partial charge < -0.3 is 5.32 Å². The molecule has 2 nitrogen and oxygen atoms in total. The molecule has 0 saturated carbocycles. The summed E-state index contributed by atoms with van der Waals surface area (Å²) in [4.78, 5) is 4.16. The average molecular weight is 273 g/mol. The molecule has 1 atom stereocenters. The molecule has 0 radical (unpaired) electrons. The van der Waals surface area contributed by atoms with Crippen molar-refractivity contribution in [1.82, 2.24) is 4.98 Å². The molecule has 98 valence electrons. The topological polar surface area (TPSA) is 24.9 Å². The molecule has 0 spiro atoms. The van der Waals surface area contributed by atoms with Crippen LogP contribution >= 0.6 is 11.6 Å². The van der Waals surface area contributed by atoms with Crippen molar-refractivity contribution in [3.05, 3.63) is 58.4 Å². The number of benzene rings is 1. The second kappa shape index (κ2) is 5.22. The first-order valence-electron chi connectivity index (χ1n) is 6.71. The van der Waals surface area contributed by atoms with Crippen LogP contribution in [0.4, 0.5) is 5.69 Å². The zero-order valence-corrected chi connectivity index (χ0v) is 11.7. The first-order valence-corrected chi connectivity index (χ1v) is 7.09. The van der Waals surface area contributed by atoms with Gasteiger partial charge in [-0.1, -0.05) is 35.9 Å². The molecule has 0 aliphatic heterocycles. The van der Waals surface area contributed by atoms with Crippen LogP contribution in [0.2, 0.25) is 5.15 Å². The molecule has 2 aromatic rings. The maximum Gasteiger partial charge on any atom is 0.152 e. The predicted molar refractivity (Wildman–Crippen MR) is 79.7 cm³/mol. The van der Waals surface area contributed by atoms with Gasteiger partial charge in [0.15, 0.2) is 5.15 Å². The van der Waals surface area contributed by atoms with E-state index in [1.165, 1.54) is 24.0 Å². The monoisotopic (exact) mass is 272 g/mol. The van der Waals surface area contributed by atoms with Crippen LogP contribution in [0.15, 0.2) is 36.5 Å². The molecule has 0 bridgehead atoms. The fourth-order valence-corrected chi connectivity index (χ4v) is 3.04. The number of fused-ring (bicyclic) bond motifs is 1. The summed E-state index contributed by atoms with van der Waals surface area (Å²) in [5.74, 6) is 0. The lowest BCUT2D eigenvalue weighted by atomic mass is 9.87. The molecule has 19 heavy (non-hydrogen) atoms. The van der Waals surface area contributed by atoms with Crippen molar-refractivity contribution < 1.29 is 0 Å². The fourth-order valence-electron chi connectivity index (χ4n) is 2.78. The number of pyridine rings is 1. The van der Waals surface area contributed by atoms with Crippen molar-refractivity contribution in [2.75, 3.05) is 5.32 Å². The Morgan fingerprint density at radius 1 is 1.26 bits per heavy atom. The van der Waals surface area contributed by atoms with Gasteiger partial charge in [-0.2, -0.15) is 0 Å². The molecular weight excluding hydrogens is 256 g/mol. The minimum Gasteiger partial charge on any atom is -0.376 e. The van der Waals surface area contributed by atoms with E-state index in [1.54, 1.807) is 6.20 Å². The molecule has 1 aromatic heterocycles. The van der Waals surface area contributed by atoms with Crippen LogP contribution in [-0.4, -0.2) is 4.98 Å². The normalized spacial score (nSPS) is 17.9. The van der Waals surface area contributed by atoms with Crippen LogP contribution in [0.5, 0.6) is 0 Å². The first-order chi connectivity index (χ1) is 9.25. The molecule has 0 fully saturated rings. The van der Waals surface area contributed by atoms with E-state index in [2.05, 4.69) is 41.5 Å². The summed E-state index contributed by atoms with van der Waals surface area (Å²) >= 11 is 6.20. The van der Waals surface area contributed by atoms with Crippen LogP contribution in [0.1, 0.15) is 35.6 Å². The minimum absolute atomic E-state index is 0.338. The lowest BCUT2D eigenvalue weighted by Crippen LogP contribution is -2.18. The van der Waals surface area contributed by atoms with Crippen LogP contribution in [-0.2, 0) is 6.42 Å². The third kappa shape index (κ3) is 2.45. The van der Waals surface area contributed by atoms with E-state index < -0.39 is 0 Å². The number of aryl methyl sites for hydroxylation is 2. The van der Waals surface area contributed by atoms with Gasteiger partial charge in [0.2, 0.25) is 0 Å². The van der Waals surface area contributed by atoms with Gasteiger partial charge in [0.1, 0.15) is 0 Å². The van der Waals surface area contributed by atoms with Gasteiger partial charge >= 0.3 is 0 Å². The van der Waals surface area contributed by atoms with E-state index in [9.17, 15) is 0 Å². The Hall–Kier alpha value is -1.54. The zero-order valence-electron chi connectivity index (χ0n) is 11.0. The molecular formula is C16H17ClN2. The summed E-state index contributed by atoms with van der Waals surface area (Å²) in [6.45, 7) is 2.06. The highest BCUT2D eigenvalue weighted by Crippen LogP contribution is 2.34. The van der Waals surface area contributed by atoms with E-state index in [-0.39, 0.29) is 0 Å². The van der Waals surface area contributed by atoms with Gasteiger partial charge in [0, 0.05) is 6.20 Å². The highest BCUT2D eigenvalue weighted by Gasteiger charge is 2.20. The summed E-state index contributed by atoms with van der Waals surface area (Å²) < 4.78 is 0. The minimum atomic E-state index is 0.338. The summed E-state index contributed by atoms with van der Waals surface area (Å²) in [7, 11) is 0. The molecule has 1 unspecified atom stereocenters. The lowest BCUT2D eigenvalue weighted by Gasteiger charge is -2.28. The van der Waals surface area contributed by atoms with Crippen LogP contribution < -0.4 is 5.32 Å². The van der Waals surface area contributed by atoms with Crippen LogP contribution in [0.3, 0.4) is 0 Å². The van der Waals surface area contributed by atoms with E-state index in [4.69, 9.17) is 11.6 Å². The summed E-state index contributed by atoms with van der Waals surface area (Å²) in [6.07, 6.45) is 5.28. The number of hydrogen-bond donors (Lipinski definition) is 1. The molecule has 0 amide bonds. The second-order valence-corrected chi connectivity index (χ2v) is 5.44. The summed E-state index contributed by atoms with van der Waals surface area (Å²) in [5, 5.41) is 4.14. The third-order valence-corrected chi connectivity index (χ3v) is 4.09. The van der Waals surface area contributed by atoms with Gasteiger partial charge in [-0.15, -0.1) is 0 Å². The molecule has 3 heteroatoms. The van der Waals surface area contributed by atoms with Crippen molar-refractivity contribution >= 4 is 17.3 Å². The molecule has 1 N–H and O–H groups in total. The van der Waals surface area contributed by atoms with Crippen molar-refractivity contribution in [3.63, 3.8) is 0 Å². The smallest absolute Gasteiger partial charge is 0.152 e. The van der Waals surface area contributed by atoms with Gasteiger partial charge in [0.25, 0.3) is 0 Å². The van der Waals surface area contributed by atoms with Gasteiger partial charge in [-0.25, -0.2) is 4.98 Å². The molecule has 1 aromatic carbocycles. The third-order valence-electron chi connectivity index (χ3n) is 3.80. The summed E-state index contributed by atoms with van der Waals surface area (Å²) in [5.41, 5.74) is 4.95. The molecule has 0 saturated heterocycles. The van der Waals surface area contributed by atoms with E-state index in [0.717, 1.165) is 17.7 Å². The fraction of sp³-hybridized carbons (Fsp3) is 0.312. The molecule has 1 aliphatic rings. The Bertz CT molecular complexity index is 575. The molecule has 1 aliphatic carbocycles. The highest BCUT2D eigenvalue weighted by atomic mass is 35.5. The Morgan fingerprint density at radius 2 is 2.11 bits per heavy atom. The van der Waals surface area contributed by atoms with Crippen molar-refractivity contribution in [2.45, 2.75) is 32.2 Å². The number of anilines is 1. The molecule has 1 heterocycles. The second-order valence-electron chi connectivity index (χ2n) is 5.08. The number of rotatable bonds is 2.